The molecule has 6 nitrogen and oxygen atoms in total. The first-order valence-electron chi connectivity index (χ1n) is 6.21. The first kappa shape index (κ1) is 14.2. The number of nitrogens with two attached hydrogens (primary N) is 1. The molecule has 2 unspecified atom stereocenters. The van der Waals surface area contributed by atoms with Gasteiger partial charge >= 0.3 is 0 Å². The molecule has 104 valence electrons. The largest absolute Gasteiger partial charge is 0.355 e. The van der Waals surface area contributed by atoms with Gasteiger partial charge in [-0.05, 0) is 42.1 Å². The highest BCUT2D eigenvalue weighted by atomic mass is 79.9. The van der Waals surface area contributed by atoms with Crippen LogP contribution in [0.4, 0.5) is 11.5 Å². The summed E-state index contributed by atoms with van der Waals surface area (Å²) >= 11 is 3.43. The lowest BCUT2D eigenvalue weighted by Crippen LogP contribution is -2.30. The molecule has 1 aliphatic heterocycles. The van der Waals surface area contributed by atoms with Gasteiger partial charge in [0.1, 0.15) is 12.0 Å². The van der Waals surface area contributed by atoms with E-state index in [1.807, 2.05) is 6.92 Å². The molecule has 0 aromatic carbocycles. The van der Waals surface area contributed by atoms with Crippen molar-refractivity contribution in [2.75, 3.05) is 18.0 Å². The summed E-state index contributed by atoms with van der Waals surface area (Å²) in [5, 5.41) is 10.9. The quantitative estimate of drug-likeness (QED) is 0.679. The van der Waals surface area contributed by atoms with Gasteiger partial charge < -0.3 is 10.6 Å². The first-order chi connectivity index (χ1) is 8.91. The van der Waals surface area contributed by atoms with Crippen molar-refractivity contribution in [3.8, 4) is 0 Å². The molecule has 1 aliphatic rings. The zero-order chi connectivity index (χ0) is 14.2. The maximum absolute atomic E-state index is 10.9. The van der Waals surface area contributed by atoms with Crippen LogP contribution in [0.3, 0.4) is 0 Å². The molecular weight excluding hydrogens is 312 g/mol. The second kappa shape index (κ2) is 5.42. The van der Waals surface area contributed by atoms with Gasteiger partial charge in [-0.3, -0.25) is 10.1 Å². The van der Waals surface area contributed by atoms with E-state index in [0.29, 0.717) is 16.0 Å². The number of hydrogen-bond acceptors (Lipinski definition) is 5. The van der Waals surface area contributed by atoms with Crippen LogP contribution in [0, 0.1) is 23.0 Å². The van der Waals surface area contributed by atoms with Crippen molar-refractivity contribution in [3.05, 3.63) is 26.3 Å². The van der Waals surface area contributed by atoms with Gasteiger partial charge in [0.15, 0.2) is 0 Å². The molecule has 1 fully saturated rings. The Balaban J connectivity index is 2.28. The van der Waals surface area contributed by atoms with Crippen molar-refractivity contribution in [2.24, 2.45) is 11.7 Å². The third kappa shape index (κ3) is 2.71. The van der Waals surface area contributed by atoms with Crippen molar-refractivity contribution < 1.29 is 4.92 Å². The summed E-state index contributed by atoms with van der Waals surface area (Å²) in [6.07, 6.45) is 2.36. The fourth-order valence-electron chi connectivity index (χ4n) is 2.37. The number of halogens is 1. The highest BCUT2D eigenvalue weighted by Crippen LogP contribution is 2.35. The van der Waals surface area contributed by atoms with Crippen molar-refractivity contribution in [3.63, 3.8) is 0 Å². The molecule has 0 aliphatic carbocycles. The Morgan fingerprint density at radius 3 is 2.89 bits per heavy atom. The van der Waals surface area contributed by atoms with E-state index in [9.17, 15) is 10.1 Å². The molecule has 2 heterocycles. The van der Waals surface area contributed by atoms with Crippen LogP contribution in [0.1, 0.15) is 18.9 Å². The summed E-state index contributed by atoms with van der Waals surface area (Å²) in [6, 6.07) is 0.155. The van der Waals surface area contributed by atoms with Crippen LogP contribution in [0.5, 0.6) is 0 Å². The minimum absolute atomic E-state index is 0.0403. The number of rotatable bonds is 3. The average molecular weight is 329 g/mol. The molecule has 0 spiro atoms. The van der Waals surface area contributed by atoms with Crippen molar-refractivity contribution in [1.29, 1.82) is 0 Å². The van der Waals surface area contributed by atoms with Crippen LogP contribution in [0.15, 0.2) is 10.7 Å². The van der Waals surface area contributed by atoms with E-state index in [0.717, 1.165) is 25.3 Å². The number of hydrogen-bond donors (Lipinski definition) is 1. The van der Waals surface area contributed by atoms with Crippen LogP contribution < -0.4 is 10.6 Å². The molecule has 1 aromatic rings. The van der Waals surface area contributed by atoms with Gasteiger partial charge in [-0.15, -0.1) is 0 Å². The zero-order valence-corrected chi connectivity index (χ0v) is 12.6. The van der Waals surface area contributed by atoms with E-state index in [4.69, 9.17) is 5.73 Å². The second-order valence-corrected chi connectivity index (χ2v) is 5.81. The fourth-order valence-corrected chi connectivity index (χ4v) is 2.93. The lowest BCUT2D eigenvalue weighted by Gasteiger charge is -2.20. The maximum Gasteiger partial charge on any atom is 0.291 e. The SMILES string of the molecule is Cc1c([N+](=O)[O-])cnc(N2CCC(C(C)N)C2)c1Br. The number of anilines is 1. The topological polar surface area (TPSA) is 85.3 Å². The van der Waals surface area contributed by atoms with Crippen LogP contribution in [-0.4, -0.2) is 29.0 Å². The Morgan fingerprint density at radius 1 is 1.68 bits per heavy atom. The monoisotopic (exact) mass is 328 g/mol. The number of nitrogens with zero attached hydrogens (tertiary/aromatic N) is 3. The summed E-state index contributed by atoms with van der Waals surface area (Å²) in [4.78, 5) is 16.8. The summed E-state index contributed by atoms with van der Waals surface area (Å²) in [5.41, 5.74) is 6.57. The van der Waals surface area contributed by atoms with E-state index in [2.05, 4.69) is 25.8 Å². The van der Waals surface area contributed by atoms with E-state index in [1.165, 1.54) is 6.20 Å². The predicted octanol–water partition coefficient (Wildman–Crippen LogP) is 2.23. The van der Waals surface area contributed by atoms with E-state index in [1.54, 1.807) is 6.92 Å². The highest BCUT2D eigenvalue weighted by molar-refractivity contribution is 9.10. The smallest absolute Gasteiger partial charge is 0.291 e. The lowest BCUT2D eigenvalue weighted by atomic mass is 10.0. The second-order valence-electron chi connectivity index (χ2n) is 5.02. The summed E-state index contributed by atoms with van der Waals surface area (Å²) in [5.74, 6) is 1.22. The Kier molecular flexibility index (Phi) is 4.05. The van der Waals surface area contributed by atoms with Crippen LogP contribution in [-0.2, 0) is 0 Å². The number of aromatic nitrogens is 1. The molecular formula is C12H17BrN4O2. The highest BCUT2D eigenvalue weighted by Gasteiger charge is 2.28. The molecule has 19 heavy (non-hydrogen) atoms. The average Bonchev–Trinajstić information content (AvgIpc) is 2.81. The molecule has 0 saturated carbocycles. The number of nitro groups is 1. The standard InChI is InChI=1S/C12H17BrN4O2/c1-7-10(17(18)19)5-15-12(11(7)13)16-4-3-9(6-16)8(2)14/h5,8-9H,3-4,6,14H2,1-2H3. The molecule has 7 heteroatoms. The van der Waals surface area contributed by atoms with Crippen molar-refractivity contribution in [2.45, 2.75) is 26.3 Å². The van der Waals surface area contributed by atoms with Crippen molar-refractivity contribution in [1.82, 2.24) is 4.98 Å². The summed E-state index contributed by atoms with van der Waals surface area (Å²) in [6.45, 7) is 5.47. The van der Waals surface area contributed by atoms with Crippen molar-refractivity contribution >= 4 is 27.4 Å². The van der Waals surface area contributed by atoms with Crippen LogP contribution >= 0.6 is 15.9 Å². The van der Waals surface area contributed by atoms with E-state index >= 15 is 0 Å². The minimum atomic E-state index is -0.411. The number of pyridine rings is 1. The van der Waals surface area contributed by atoms with E-state index in [-0.39, 0.29) is 11.7 Å². The lowest BCUT2D eigenvalue weighted by molar-refractivity contribution is -0.385. The zero-order valence-electron chi connectivity index (χ0n) is 11.0. The molecule has 0 amide bonds. The Labute approximate surface area is 120 Å². The first-order valence-corrected chi connectivity index (χ1v) is 7.01. The summed E-state index contributed by atoms with van der Waals surface area (Å²) < 4.78 is 0.701. The third-order valence-corrected chi connectivity index (χ3v) is 4.63. The van der Waals surface area contributed by atoms with Gasteiger partial charge in [-0.25, -0.2) is 4.98 Å². The van der Waals surface area contributed by atoms with Gasteiger partial charge in [0, 0.05) is 24.7 Å². The van der Waals surface area contributed by atoms with Crippen LogP contribution in [0.2, 0.25) is 0 Å². The van der Waals surface area contributed by atoms with Gasteiger partial charge in [-0.2, -0.15) is 0 Å². The fraction of sp³-hybridized carbons (Fsp3) is 0.583. The van der Waals surface area contributed by atoms with E-state index < -0.39 is 4.92 Å². The third-order valence-electron chi connectivity index (χ3n) is 3.68. The normalized spacial score (nSPS) is 20.6. The Hall–Kier alpha value is -1.21. The van der Waals surface area contributed by atoms with Gasteiger partial charge in [0.05, 0.1) is 9.40 Å². The Morgan fingerprint density at radius 2 is 2.37 bits per heavy atom. The minimum Gasteiger partial charge on any atom is -0.355 e. The van der Waals surface area contributed by atoms with Gasteiger partial charge in [-0.1, -0.05) is 0 Å². The van der Waals surface area contributed by atoms with Gasteiger partial charge in [0.2, 0.25) is 0 Å². The molecule has 2 atom stereocenters. The molecule has 0 bridgehead atoms. The molecule has 2 rings (SSSR count). The van der Waals surface area contributed by atoms with Gasteiger partial charge in [0.25, 0.3) is 5.69 Å². The molecule has 1 aromatic heterocycles. The Bertz CT molecular complexity index is 507. The summed E-state index contributed by atoms with van der Waals surface area (Å²) in [7, 11) is 0. The molecule has 0 radical (unpaired) electrons. The predicted molar refractivity (Wildman–Crippen MR) is 77.3 cm³/mol. The molecule has 2 N–H and O–H groups in total. The maximum atomic E-state index is 10.9. The molecule has 1 saturated heterocycles. The van der Waals surface area contributed by atoms with Crippen LogP contribution in [0.25, 0.3) is 0 Å².